The number of aliphatic hydroxyl groups excluding tert-OH is 1. The first-order chi connectivity index (χ1) is 8.59. The zero-order valence-corrected chi connectivity index (χ0v) is 9.83. The zero-order chi connectivity index (χ0) is 13.1. The standard InChI is InChI=1S/C12H13N3O3/c1-8(16)6-14-11(17)9-7-13-10-4-2-3-5-15(10)12(9)18/h2-5,7-8,16H,6H2,1H3,(H,14,17). The third-order valence-corrected chi connectivity index (χ3v) is 2.42. The third-order valence-electron chi connectivity index (χ3n) is 2.42. The predicted molar refractivity (Wildman–Crippen MR) is 65.5 cm³/mol. The predicted octanol–water partition coefficient (Wildman–Crippen LogP) is -0.195. The number of carbonyl (C=O) groups is 1. The molecule has 6 heteroatoms. The highest BCUT2D eigenvalue weighted by molar-refractivity contribution is 5.93. The summed E-state index contributed by atoms with van der Waals surface area (Å²) in [6, 6.07) is 5.13. The van der Waals surface area contributed by atoms with Crippen molar-refractivity contribution in [2.24, 2.45) is 0 Å². The van der Waals surface area contributed by atoms with Crippen molar-refractivity contribution in [2.75, 3.05) is 6.54 Å². The van der Waals surface area contributed by atoms with Crippen LogP contribution in [0.2, 0.25) is 0 Å². The molecule has 1 amide bonds. The van der Waals surface area contributed by atoms with E-state index in [4.69, 9.17) is 5.11 Å². The van der Waals surface area contributed by atoms with Crippen molar-refractivity contribution < 1.29 is 9.90 Å². The average Bonchev–Trinajstić information content (AvgIpc) is 2.37. The van der Waals surface area contributed by atoms with Crippen LogP contribution in [-0.4, -0.2) is 33.0 Å². The summed E-state index contributed by atoms with van der Waals surface area (Å²) in [5.41, 5.74) is 0.0117. The summed E-state index contributed by atoms with van der Waals surface area (Å²) in [4.78, 5) is 27.8. The average molecular weight is 247 g/mol. The minimum atomic E-state index is -0.662. The lowest BCUT2D eigenvalue weighted by Crippen LogP contribution is -2.35. The maximum atomic E-state index is 12.0. The number of aromatic nitrogens is 2. The van der Waals surface area contributed by atoms with Gasteiger partial charge in [0.05, 0.1) is 6.10 Å². The van der Waals surface area contributed by atoms with Crippen molar-refractivity contribution in [3.05, 3.63) is 46.5 Å². The Balaban J connectivity index is 2.37. The molecule has 1 atom stereocenters. The van der Waals surface area contributed by atoms with Crippen molar-refractivity contribution >= 4 is 11.6 Å². The normalized spacial score (nSPS) is 12.3. The maximum Gasteiger partial charge on any atom is 0.270 e. The van der Waals surface area contributed by atoms with Crippen LogP contribution in [0.1, 0.15) is 17.3 Å². The SMILES string of the molecule is CC(O)CNC(=O)c1cnc2ccccn2c1=O. The van der Waals surface area contributed by atoms with Gasteiger partial charge in [0.15, 0.2) is 0 Å². The summed E-state index contributed by atoms with van der Waals surface area (Å²) in [5, 5.41) is 11.5. The molecule has 0 bridgehead atoms. The van der Waals surface area contributed by atoms with E-state index >= 15 is 0 Å². The van der Waals surface area contributed by atoms with Crippen LogP contribution < -0.4 is 10.9 Å². The van der Waals surface area contributed by atoms with Crippen LogP contribution in [0.3, 0.4) is 0 Å². The molecule has 0 aliphatic rings. The molecule has 0 spiro atoms. The second kappa shape index (κ2) is 4.97. The smallest absolute Gasteiger partial charge is 0.270 e. The monoisotopic (exact) mass is 247 g/mol. The van der Waals surface area contributed by atoms with Crippen molar-refractivity contribution in [3.8, 4) is 0 Å². The summed E-state index contributed by atoms with van der Waals surface area (Å²) in [5.74, 6) is -0.536. The molecule has 94 valence electrons. The number of nitrogens with one attached hydrogen (secondary N) is 1. The first-order valence-electron chi connectivity index (χ1n) is 5.52. The number of hydrogen-bond acceptors (Lipinski definition) is 4. The van der Waals surface area contributed by atoms with E-state index in [1.807, 2.05) is 0 Å². The summed E-state index contributed by atoms with van der Waals surface area (Å²) in [6.07, 6.45) is 2.13. The Bertz CT molecular complexity index is 634. The Kier molecular flexibility index (Phi) is 3.38. The van der Waals surface area contributed by atoms with Crippen LogP contribution in [0.5, 0.6) is 0 Å². The summed E-state index contributed by atoms with van der Waals surface area (Å²) in [7, 11) is 0. The molecular formula is C12H13N3O3. The molecule has 2 aromatic rings. The van der Waals surface area contributed by atoms with E-state index < -0.39 is 17.6 Å². The van der Waals surface area contributed by atoms with Crippen molar-refractivity contribution in [1.82, 2.24) is 14.7 Å². The second-order valence-electron chi connectivity index (χ2n) is 3.96. The lowest BCUT2D eigenvalue weighted by Gasteiger charge is -2.07. The molecule has 0 radical (unpaired) electrons. The number of aliphatic hydroxyl groups is 1. The highest BCUT2D eigenvalue weighted by atomic mass is 16.3. The Morgan fingerprint density at radius 3 is 3.06 bits per heavy atom. The summed E-state index contributed by atoms with van der Waals surface area (Å²) >= 11 is 0. The highest BCUT2D eigenvalue weighted by Gasteiger charge is 2.13. The summed E-state index contributed by atoms with van der Waals surface area (Å²) < 4.78 is 1.30. The number of carbonyl (C=O) groups excluding carboxylic acids is 1. The summed E-state index contributed by atoms with van der Waals surface area (Å²) in [6.45, 7) is 1.64. The van der Waals surface area contributed by atoms with E-state index in [0.717, 1.165) is 0 Å². The fourth-order valence-electron chi connectivity index (χ4n) is 1.52. The van der Waals surface area contributed by atoms with Gasteiger partial charge in [-0.05, 0) is 19.1 Å². The van der Waals surface area contributed by atoms with Crippen LogP contribution in [0.15, 0.2) is 35.4 Å². The molecule has 2 heterocycles. The number of nitrogens with zero attached hydrogens (tertiary/aromatic N) is 2. The van der Waals surface area contributed by atoms with Crippen LogP contribution >= 0.6 is 0 Å². The van der Waals surface area contributed by atoms with Gasteiger partial charge in [-0.3, -0.25) is 14.0 Å². The number of fused-ring (bicyclic) bond motifs is 1. The van der Waals surface area contributed by atoms with Crippen molar-refractivity contribution in [1.29, 1.82) is 0 Å². The first-order valence-corrected chi connectivity index (χ1v) is 5.52. The van der Waals surface area contributed by atoms with E-state index in [-0.39, 0.29) is 12.1 Å². The fraction of sp³-hybridized carbons (Fsp3) is 0.250. The van der Waals surface area contributed by atoms with E-state index in [1.54, 1.807) is 31.3 Å². The van der Waals surface area contributed by atoms with Gasteiger partial charge in [0, 0.05) is 18.9 Å². The van der Waals surface area contributed by atoms with E-state index in [0.29, 0.717) is 5.65 Å². The maximum absolute atomic E-state index is 12.0. The number of rotatable bonds is 3. The second-order valence-corrected chi connectivity index (χ2v) is 3.96. The van der Waals surface area contributed by atoms with E-state index in [9.17, 15) is 9.59 Å². The van der Waals surface area contributed by atoms with E-state index in [2.05, 4.69) is 10.3 Å². The van der Waals surface area contributed by atoms with Crippen LogP contribution in [-0.2, 0) is 0 Å². The highest BCUT2D eigenvalue weighted by Crippen LogP contribution is 1.97. The van der Waals surface area contributed by atoms with Crippen molar-refractivity contribution in [2.45, 2.75) is 13.0 Å². The Morgan fingerprint density at radius 1 is 1.56 bits per heavy atom. The number of amides is 1. The molecule has 18 heavy (non-hydrogen) atoms. The molecule has 0 aliphatic heterocycles. The topological polar surface area (TPSA) is 83.7 Å². The van der Waals surface area contributed by atoms with Gasteiger partial charge >= 0.3 is 0 Å². The lowest BCUT2D eigenvalue weighted by atomic mass is 10.3. The van der Waals surface area contributed by atoms with Gasteiger partial charge in [-0.2, -0.15) is 0 Å². The number of hydrogen-bond donors (Lipinski definition) is 2. The molecule has 2 N–H and O–H groups in total. The minimum absolute atomic E-state index is 0.0423. The largest absolute Gasteiger partial charge is 0.392 e. The molecule has 0 fully saturated rings. The van der Waals surface area contributed by atoms with Gasteiger partial charge in [0.2, 0.25) is 0 Å². The Morgan fingerprint density at radius 2 is 2.33 bits per heavy atom. The quantitative estimate of drug-likeness (QED) is 0.787. The van der Waals surface area contributed by atoms with Gasteiger partial charge in [-0.1, -0.05) is 6.07 Å². The van der Waals surface area contributed by atoms with Crippen LogP contribution in [0.25, 0.3) is 5.65 Å². The molecule has 0 saturated carbocycles. The van der Waals surface area contributed by atoms with Crippen LogP contribution in [0.4, 0.5) is 0 Å². The Hall–Kier alpha value is -2.21. The molecule has 2 aromatic heterocycles. The molecule has 2 rings (SSSR count). The Labute approximate surface area is 103 Å². The molecule has 1 unspecified atom stereocenters. The molecular weight excluding hydrogens is 234 g/mol. The lowest BCUT2D eigenvalue weighted by molar-refractivity contribution is 0.0922. The van der Waals surface area contributed by atoms with Crippen molar-refractivity contribution in [3.63, 3.8) is 0 Å². The molecule has 0 aliphatic carbocycles. The van der Waals surface area contributed by atoms with Crippen LogP contribution in [0, 0.1) is 0 Å². The van der Waals surface area contributed by atoms with Gasteiger partial charge in [-0.25, -0.2) is 4.98 Å². The molecule has 0 saturated heterocycles. The van der Waals surface area contributed by atoms with Gasteiger partial charge in [-0.15, -0.1) is 0 Å². The van der Waals surface area contributed by atoms with Gasteiger partial charge < -0.3 is 10.4 Å². The van der Waals surface area contributed by atoms with Gasteiger partial charge in [0.1, 0.15) is 11.2 Å². The fourth-order valence-corrected chi connectivity index (χ4v) is 1.52. The zero-order valence-electron chi connectivity index (χ0n) is 9.83. The minimum Gasteiger partial charge on any atom is -0.392 e. The third kappa shape index (κ3) is 2.38. The van der Waals surface area contributed by atoms with E-state index in [1.165, 1.54) is 10.6 Å². The molecule has 6 nitrogen and oxygen atoms in total. The van der Waals surface area contributed by atoms with Gasteiger partial charge in [0.25, 0.3) is 11.5 Å². The first kappa shape index (κ1) is 12.3. The number of pyridine rings is 1. The molecule has 0 aromatic carbocycles.